The molecule has 3 aromatic rings. The van der Waals surface area contributed by atoms with Crippen LogP contribution in [0.2, 0.25) is 0 Å². The smallest absolute Gasteiger partial charge is 0.333 e. The van der Waals surface area contributed by atoms with E-state index in [2.05, 4.69) is 13.2 Å². The lowest BCUT2D eigenvalue weighted by molar-refractivity contribution is -0.141. The van der Waals surface area contributed by atoms with Gasteiger partial charge in [0.1, 0.15) is 19.0 Å². The zero-order valence-electron chi connectivity index (χ0n) is 21.0. The minimum Gasteiger partial charge on any atom is -0.457 e. The third kappa shape index (κ3) is 8.58. The van der Waals surface area contributed by atoms with Crippen LogP contribution in [0.4, 0.5) is 4.39 Å². The van der Waals surface area contributed by atoms with Crippen LogP contribution in [0.15, 0.2) is 91.0 Å². The molecule has 3 aromatic carbocycles. The Morgan fingerprint density at radius 3 is 1.62 bits per heavy atom. The van der Waals surface area contributed by atoms with Crippen molar-refractivity contribution in [3.63, 3.8) is 0 Å². The van der Waals surface area contributed by atoms with Crippen LogP contribution in [-0.2, 0) is 32.3 Å². The molecule has 0 aliphatic carbocycles. The van der Waals surface area contributed by atoms with Gasteiger partial charge in [-0.05, 0) is 59.9 Å². The van der Waals surface area contributed by atoms with Crippen molar-refractivity contribution < 1.29 is 23.5 Å². The molecule has 0 aliphatic heterocycles. The highest BCUT2D eigenvalue weighted by Gasteiger charge is 2.05. The van der Waals surface area contributed by atoms with Crippen molar-refractivity contribution in [2.75, 3.05) is 0 Å². The van der Waals surface area contributed by atoms with Gasteiger partial charge in [-0.15, -0.1) is 0 Å². The van der Waals surface area contributed by atoms with Gasteiger partial charge in [-0.25, -0.2) is 14.0 Å². The highest BCUT2D eigenvalue weighted by Crippen LogP contribution is 2.18. The molecule has 37 heavy (non-hydrogen) atoms. The zero-order valence-corrected chi connectivity index (χ0v) is 21.0. The van der Waals surface area contributed by atoms with Gasteiger partial charge in [-0.3, -0.25) is 0 Å². The quantitative estimate of drug-likeness (QED) is 0.167. The molecule has 0 unspecified atom stereocenters. The van der Waals surface area contributed by atoms with Gasteiger partial charge in [0.2, 0.25) is 0 Å². The van der Waals surface area contributed by atoms with Gasteiger partial charge in [-0.2, -0.15) is 0 Å². The minimum atomic E-state index is -0.436. The van der Waals surface area contributed by atoms with Crippen molar-refractivity contribution in [2.45, 2.75) is 27.1 Å². The van der Waals surface area contributed by atoms with Gasteiger partial charge >= 0.3 is 11.9 Å². The van der Waals surface area contributed by atoms with Gasteiger partial charge in [0.05, 0.1) is 0 Å². The molecule has 0 spiro atoms. The van der Waals surface area contributed by atoms with E-state index in [1.807, 2.05) is 72.8 Å². The highest BCUT2D eigenvalue weighted by atomic mass is 19.1. The molecule has 0 saturated heterocycles. The van der Waals surface area contributed by atoms with Gasteiger partial charge < -0.3 is 9.47 Å². The van der Waals surface area contributed by atoms with Crippen molar-refractivity contribution >= 4 is 36.2 Å². The second-order valence-corrected chi connectivity index (χ2v) is 8.65. The third-order valence-corrected chi connectivity index (χ3v) is 5.29. The van der Waals surface area contributed by atoms with Gasteiger partial charge in [0.15, 0.2) is 0 Å². The van der Waals surface area contributed by atoms with E-state index in [0.29, 0.717) is 16.7 Å². The summed E-state index contributed by atoms with van der Waals surface area (Å²) >= 11 is 0. The molecule has 0 atom stereocenters. The van der Waals surface area contributed by atoms with Crippen molar-refractivity contribution in [1.29, 1.82) is 0 Å². The predicted molar refractivity (Wildman–Crippen MR) is 146 cm³/mol. The Morgan fingerprint density at radius 2 is 1.16 bits per heavy atom. The summed E-state index contributed by atoms with van der Waals surface area (Å²) in [5.41, 5.74) is 5.32. The summed E-state index contributed by atoms with van der Waals surface area (Å²) in [6.45, 7) is 10.6. The SMILES string of the molecule is C=C(C)C(=O)OCc1cccc(/C=C/c2ccc(/C=C/c3cccc(COC(=O)C(=C)C)c3)c(F)c2)c1. The lowest BCUT2D eigenvalue weighted by atomic mass is 10.1. The first-order chi connectivity index (χ1) is 17.7. The molecule has 188 valence electrons. The van der Waals surface area contributed by atoms with Crippen LogP contribution in [0.5, 0.6) is 0 Å². The Labute approximate surface area is 217 Å². The summed E-state index contributed by atoms with van der Waals surface area (Å²) in [4.78, 5) is 23.2. The van der Waals surface area contributed by atoms with Crippen LogP contribution in [0.1, 0.15) is 47.2 Å². The summed E-state index contributed by atoms with van der Waals surface area (Å²) in [7, 11) is 0. The molecule has 0 bridgehead atoms. The van der Waals surface area contributed by atoms with Crippen molar-refractivity contribution in [1.82, 2.24) is 0 Å². The van der Waals surface area contributed by atoms with Crippen molar-refractivity contribution in [3.8, 4) is 0 Å². The first-order valence-corrected chi connectivity index (χ1v) is 11.7. The molecule has 0 aliphatic rings. The summed E-state index contributed by atoms with van der Waals surface area (Å²) in [6, 6.07) is 20.1. The largest absolute Gasteiger partial charge is 0.457 e. The Kier molecular flexibility index (Phi) is 9.50. The number of carbonyl (C=O) groups excluding carboxylic acids is 2. The van der Waals surface area contributed by atoms with Crippen LogP contribution in [0.3, 0.4) is 0 Å². The number of esters is 2. The number of hydrogen-bond donors (Lipinski definition) is 0. The van der Waals surface area contributed by atoms with E-state index in [4.69, 9.17) is 9.47 Å². The second-order valence-electron chi connectivity index (χ2n) is 8.65. The second kappa shape index (κ2) is 13.0. The topological polar surface area (TPSA) is 52.6 Å². The normalized spacial score (nSPS) is 11.0. The zero-order chi connectivity index (χ0) is 26.8. The molecular formula is C32H29FO4. The average molecular weight is 497 g/mol. The fourth-order valence-electron chi connectivity index (χ4n) is 3.28. The highest BCUT2D eigenvalue weighted by molar-refractivity contribution is 5.87. The summed E-state index contributed by atoms with van der Waals surface area (Å²) in [5.74, 6) is -1.21. The van der Waals surface area contributed by atoms with Crippen LogP contribution in [0, 0.1) is 5.82 Å². The predicted octanol–water partition coefficient (Wildman–Crippen LogP) is 7.41. The Hall–Kier alpha value is -4.51. The Bertz CT molecular complexity index is 1380. The van der Waals surface area contributed by atoms with E-state index in [1.165, 1.54) is 6.07 Å². The lowest BCUT2D eigenvalue weighted by Gasteiger charge is -2.05. The molecule has 0 heterocycles. The van der Waals surface area contributed by atoms with E-state index < -0.39 is 11.9 Å². The summed E-state index contributed by atoms with van der Waals surface area (Å²) < 4.78 is 25.1. The third-order valence-electron chi connectivity index (χ3n) is 5.29. The van der Waals surface area contributed by atoms with Crippen molar-refractivity contribution in [2.24, 2.45) is 0 Å². The maximum atomic E-state index is 14.7. The summed E-state index contributed by atoms with van der Waals surface area (Å²) in [6.07, 6.45) is 7.22. The molecular weight excluding hydrogens is 467 g/mol. The maximum absolute atomic E-state index is 14.7. The molecule has 3 rings (SSSR count). The van der Waals surface area contributed by atoms with Gasteiger partial charge in [-0.1, -0.05) is 86.0 Å². The standard InChI is InChI=1S/C32H29FO4/c1-22(2)31(34)36-20-27-9-5-7-24(17-27)11-12-26-14-16-29(30(33)19-26)15-13-25-8-6-10-28(18-25)21-37-32(35)23(3)4/h5-19H,1,3,20-21H2,2,4H3/b12-11+,15-13+. The molecule has 0 amide bonds. The fraction of sp³-hybridized carbons (Fsp3) is 0.125. The van der Waals surface area contributed by atoms with Crippen LogP contribution in [0.25, 0.3) is 24.3 Å². The van der Waals surface area contributed by atoms with Crippen LogP contribution in [-0.4, -0.2) is 11.9 Å². The minimum absolute atomic E-state index is 0.144. The molecule has 4 nitrogen and oxygen atoms in total. The first kappa shape index (κ1) is 27.1. The monoisotopic (exact) mass is 496 g/mol. The molecule has 0 N–H and O–H groups in total. The number of benzene rings is 3. The van der Waals surface area contributed by atoms with E-state index in [-0.39, 0.29) is 19.0 Å². The maximum Gasteiger partial charge on any atom is 0.333 e. The van der Waals surface area contributed by atoms with E-state index >= 15 is 0 Å². The molecule has 0 aromatic heterocycles. The van der Waals surface area contributed by atoms with Crippen LogP contribution < -0.4 is 0 Å². The molecule has 0 saturated carbocycles. The average Bonchev–Trinajstić information content (AvgIpc) is 2.89. The number of ether oxygens (including phenoxy) is 2. The number of hydrogen-bond acceptors (Lipinski definition) is 4. The van der Waals surface area contributed by atoms with E-state index in [0.717, 1.165) is 27.8 Å². The molecule has 0 fully saturated rings. The van der Waals surface area contributed by atoms with Gasteiger partial charge in [0, 0.05) is 16.7 Å². The Balaban J connectivity index is 1.64. The number of rotatable bonds is 10. The fourth-order valence-corrected chi connectivity index (χ4v) is 3.28. The van der Waals surface area contributed by atoms with E-state index in [1.54, 1.807) is 26.0 Å². The summed E-state index contributed by atoms with van der Waals surface area (Å²) in [5, 5.41) is 0. The number of carbonyl (C=O) groups is 2. The lowest BCUT2D eigenvalue weighted by Crippen LogP contribution is -2.04. The number of halogens is 1. The molecule has 5 heteroatoms. The van der Waals surface area contributed by atoms with E-state index in [9.17, 15) is 14.0 Å². The van der Waals surface area contributed by atoms with Gasteiger partial charge in [0.25, 0.3) is 0 Å². The molecule has 0 radical (unpaired) electrons. The van der Waals surface area contributed by atoms with Crippen molar-refractivity contribution in [3.05, 3.63) is 130 Å². The first-order valence-electron chi connectivity index (χ1n) is 11.7. The van der Waals surface area contributed by atoms with Crippen LogP contribution >= 0.6 is 0 Å². The Morgan fingerprint density at radius 1 is 0.703 bits per heavy atom.